The van der Waals surface area contributed by atoms with Crippen molar-refractivity contribution < 1.29 is 22.8 Å². The van der Waals surface area contributed by atoms with Crippen LogP contribution in [0.2, 0.25) is 0 Å². The first-order chi connectivity index (χ1) is 9.81. The molecule has 0 spiro atoms. The fourth-order valence-electron chi connectivity index (χ4n) is 1.52. The molecule has 0 aliphatic heterocycles. The van der Waals surface area contributed by atoms with Gasteiger partial charge in [-0.2, -0.15) is 13.2 Å². The highest BCUT2D eigenvalue weighted by Crippen LogP contribution is 2.36. The second-order valence-corrected chi connectivity index (χ2v) is 4.90. The molecule has 6 nitrogen and oxygen atoms in total. The molecule has 2 aromatic rings. The van der Waals surface area contributed by atoms with Crippen LogP contribution in [-0.4, -0.2) is 21.2 Å². The Kier molecular flexibility index (Phi) is 4.07. The van der Waals surface area contributed by atoms with Gasteiger partial charge in [0.1, 0.15) is 0 Å². The Morgan fingerprint density at radius 1 is 1.38 bits per heavy atom. The summed E-state index contributed by atoms with van der Waals surface area (Å²) in [7, 11) is 0. The fraction of sp³-hybridized carbons (Fsp3) is 0.182. The lowest BCUT2D eigenvalue weighted by molar-refractivity contribution is -0.137. The number of nitrogens with two attached hydrogens (primary N) is 1. The molecule has 10 heteroatoms. The SMILES string of the molecule is Cc1nnc(Sc2ccc(C(N)=NO)c(C(F)(F)F)c2)o1. The molecule has 0 amide bonds. The Bertz CT molecular complexity index is 684. The molecule has 1 aromatic heterocycles. The van der Waals surface area contributed by atoms with Crippen molar-refractivity contribution in [3.05, 3.63) is 35.2 Å². The summed E-state index contributed by atoms with van der Waals surface area (Å²) in [5, 5.41) is 18.5. The molecule has 21 heavy (non-hydrogen) atoms. The predicted molar refractivity (Wildman–Crippen MR) is 67.1 cm³/mol. The molecule has 1 aromatic carbocycles. The lowest BCUT2D eigenvalue weighted by atomic mass is 10.1. The zero-order valence-electron chi connectivity index (χ0n) is 10.5. The minimum atomic E-state index is -4.65. The van der Waals surface area contributed by atoms with Crippen LogP contribution in [0.4, 0.5) is 13.2 Å². The predicted octanol–water partition coefficient (Wildman–Crippen LogP) is 2.64. The van der Waals surface area contributed by atoms with Gasteiger partial charge in [0.15, 0.2) is 5.84 Å². The summed E-state index contributed by atoms with van der Waals surface area (Å²) in [4.78, 5) is 0.237. The number of rotatable bonds is 3. The van der Waals surface area contributed by atoms with Gasteiger partial charge in [0, 0.05) is 17.4 Å². The van der Waals surface area contributed by atoms with Gasteiger partial charge in [-0.15, -0.1) is 10.2 Å². The Balaban J connectivity index is 2.42. The lowest BCUT2D eigenvalue weighted by Gasteiger charge is -2.12. The molecule has 0 saturated carbocycles. The van der Waals surface area contributed by atoms with E-state index in [1.165, 1.54) is 6.07 Å². The first kappa shape index (κ1) is 15.2. The molecule has 0 radical (unpaired) electrons. The number of hydrogen-bond donors (Lipinski definition) is 2. The third-order valence-corrected chi connectivity index (χ3v) is 3.22. The highest BCUT2D eigenvalue weighted by molar-refractivity contribution is 7.99. The molecule has 3 N–H and O–H groups in total. The van der Waals surface area contributed by atoms with Crippen molar-refractivity contribution in [3.8, 4) is 0 Å². The van der Waals surface area contributed by atoms with Crippen molar-refractivity contribution in [1.82, 2.24) is 10.2 Å². The van der Waals surface area contributed by atoms with Crippen LogP contribution in [0, 0.1) is 6.92 Å². The summed E-state index contributed by atoms with van der Waals surface area (Å²) < 4.78 is 44.1. The summed E-state index contributed by atoms with van der Waals surface area (Å²) in [5.74, 6) is -0.311. The lowest BCUT2D eigenvalue weighted by Crippen LogP contribution is -2.20. The van der Waals surface area contributed by atoms with Gasteiger partial charge in [0.05, 0.1) is 5.56 Å². The molecular weight excluding hydrogens is 309 g/mol. The maximum atomic E-state index is 13.0. The van der Waals surface area contributed by atoms with Crippen LogP contribution in [0.1, 0.15) is 17.0 Å². The van der Waals surface area contributed by atoms with E-state index in [0.29, 0.717) is 5.89 Å². The summed E-state index contributed by atoms with van der Waals surface area (Å²) in [6.45, 7) is 1.57. The zero-order chi connectivity index (χ0) is 15.6. The summed E-state index contributed by atoms with van der Waals surface area (Å²) in [6.07, 6.45) is -4.65. The van der Waals surface area contributed by atoms with E-state index in [0.717, 1.165) is 23.9 Å². The minimum absolute atomic E-state index is 0.122. The van der Waals surface area contributed by atoms with E-state index >= 15 is 0 Å². The van der Waals surface area contributed by atoms with Crippen molar-refractivity contribution in [3.63, 3.8) is 0 Å². The van der Waals surface area contributed by atoms with E-state index < -0.39 is 23.1 Å². The van der Waals surface area contributed by atoms with Gasteiger partial charge in [-0.25, -0.2) is 0 Å². The maximum absolute atomic E-state index is 13.0. The van der Waals surface area contributed by atoms with Crippen LogP contribution in [0.25, 0.3) is 0 Å². The summed E-state index contributed by atoms with van der Waals surface area (Å²) >= 11 is 0.883. The number of nitrogens with zero attached hydrogens (tertiary/aromatic N) is 3. The number of halogens is 3. The Morgan fingerprint density at radius 3 is 2.62 bits per heavy atom. The molecule has 2 rings (SSSR count). The Hall–Kier alpha value is -2.23. The van der Waals surface area contributed by atoms with Crippen LogP contribution >= 0.6 is 11.8 Å². The van der Waals surface area contributed by atoms with E-state index in [2.05, 4.69) is 15.4 Å². The number of aromatic nitrogens is 2. The second kappa shape index (κ2) is 5.64. The molecule has 1 heterocycles. The van der Waals surface area contributed by atoms with Gasteiger partial charge < -0.3 is 15.4 Å². The monoisotopic (exact) mass is 318 g/mol. The fourth-order valence-corrected chi connectivity index (χ4v) is 2.28. The number of alkyl halides is 3. The van der Waals surface area contributed by atoms with Crippen molar-refractivity contribution in [1.29, 1.82) is 0 Å². The van der Waals surface area contributed by atoms with Gasteiger partial charge in [0.2, 0.25) is 5.89 Å². The van der Waals surface area contributed by atoms with Crippen molar-refractivity contribution >= 4 is 17.6 Å². The van der Waals surface area contributed by atoms with Gasteiger partial charge >= 0.3 is 6.18 Å². The molecule has 0 fully saturated rings. The summed E-state index contributed by atoms with van der Waals surface area (Å²) in [5.41, 5.74) is 3.83. The van der Waals surface area contributed by atoms with Gasteiger partial charge in [-0.1, -0.05) is 5.16 Å². The van der Waals surface area contributed by atoms with Crippen LogP contribution in [0.5, 0.6) is 0 Å². The number of benzene rings is 1. The molecule has 0 unspecified atom stereocenters. The van der Waals surface area contributed by atoms with E-state index in [9.17, 15) is 13.2 Å². The standard InChI is InChI=1S/C11H9F3N4O2S/c1-5-16-17-10(20-5)21-6-2-3-7(9(15)18-19)8(4-6)11(12,13)14/h2-4,19H,1H3,(H2,15,18). The Labute approximate surface area is 120 Å². The quantitative estimate of drug-likeness (QED) is 0.391. The van der Waals surface area contributed by atoms with Gasteiger partial charge in [-0.05, 0) is 30.0 Å². The van der Waals surface area contributed by atoms with E-state index in [4.69, 9.17) is 15.4 Å². The zero-order valence-corrected chi connectivity index (χ0v) is 11.4. The largest absolute Gasteiger partial charge is 0.417 e. The van der Waals surface area contributed by atoms with E-state index in [1.54, 1.807) is 6.92 Å². The second-order valence-electron chi connectivity index (χ2n) is 3.88. The number of amidine groups is 1. The smallest absolute Gasteiger partial charge is 0.416 e. The molecule has 0 aliphatic carbocycles. The topological polar surface area (TPSA) is 97.5 Å². The molecule has 0 aliphatic rings. The molecular formula is C11H9F3N4O2S. The number of aryl methyl sites for hydroxylation is 1. The van der Waals surface area contributed by atoms with Gasteiger partial charge in [-0.3, -0.25) is 0 Å². The van der Waals surface area contributed by atoms with Crippen LogP contribution in [0.15, 0.2) is 37.9 Å². The molecule has 0 atom stereocenters. The number of hydrogen-bond acceptors (Lipinski definition) is 6. The number of oxime groups is 1. The summed E-state index contributed by atoms with van der Waals surface area (Å²) in [6, 6.07) is 3.37. The van der Waals surface area contributed by atoms with Crippen molar-refractivity contribution in [2.75, 3.05) is 0 Å². The van der Waals surface area contributed by atoms with E-state index in [-0.39, 0.29) is 10.1 Å². The van der Waals surface area contributed by atoms with Crippen LogP contribution in [0.3, 0.4) is 0 Å². The molecule has 0 bridgehead atoms. The average Bonchev–Trinajstić information content (AvgIpc) is 2.82. The minimum Gasteiger partial charge on any atom is -0.416 e. The molecule has 0 saturated heterocycles. The van der Waals surface area contributed by atoms with Gasteiger partial charge in [0.25, 0.3) is 5.22 Å². The van der Waals surface area contributed by atoms with E-state index in [1.807, 2.05) is 0 Å². The third-order valence-electron chi connectivity index (χ3n) is 2.39. The highest BCUT2D eigenvalue weighted by Gasteiger charge is 2.34. The van der Waals surface area contributed by atoms with Crippen molar-refractivity contribution in [2.24, 2.45) is 10.9 Å². The normalized spacial score (nSPS) is 12.7. The highest BCUT2D eigenvalue weighted by atomic mass is 32.2. The third kappa shape index (κ3) is 3.45. The van der Waals surface area contributed by atoms with Crippen LogP contribution in [-0.2, 0) is 6.18 Å². The average molecular weight is 318 g/mol. The first-order valence-electron chi connectivity index (χ1n) is 5.48. The first-order valence-corrected chi connectivity index (χ1v) is 6.30. The maximum Gasteiger partial charge on any atom is 0.417 e. The Morgan fingerprint density at radius 2 is 2.10 bits per heavy atom. The van der Waals surface area contributed by atoms with Crippen LogP contribution < -0.4 is 5.73 Å². The molecule has 112 valence electrons. The van der Waals surface area contributed by atoms with Crippen molar-refractivity contribution in [2.45, 2.75) is 23.2 Å².